The number of amides is 3. The van der Waals surface area contributed by atoms with Crippen LogP contribution in [0.2, 0.25) is 0 Å². The van der Waals surface area contributed by atoms with Crippen molar-refractivity contribution in [2.24, 2.45) is 5.92 Å². The summed E-state index contributed by atoms with van der Waals surface area (Å²) in [4.78, 5) is 38.7. The third-order valence-electron chi connectivity index (χ3n) is 5.57. The second-order valence-corrected chi connectivity index (χ2v) is 7.79. The van der Waals surface area contributed by atoms with Crippen molar-refractivity contribution < 1.29 is 19.1 Å². The number of rotatable bonds is 4. The Morgan fingerprint density at radius 1 is 1.13 bits per heavy atom. The second kappa shape index (κ2) is 9.04. The van der Waals surface area contributed by atoms with Gasteiger partial charge in [-0.2, -0.15) is 0 Å². The molecule has 1 saturated heterocycles. The molecule has 160 valence electrons. The van der Waals surface area contributed by atoms with E-state index in [0.29, 0.717) is 43.1 Å². The van der Waals surface area contributed by atoms with E-state index in [2.05, 4.69) is 10.6 Å². The number of likely N-dealkylation sites (tertiary alicyclic amines) is 1. The Bertz CT molecular complexity index is 1010. The second-order valence-electron chi connectivity index (χ2n) is 7.79. The van der Waals surface area contributed by atoms with Gasteiger partial charge in [-0.05, 0) is 49.6 Å². The fourth-order valence-electron chi connectivity index (χ4n) is 3.73. The molecule has 31 heavy (non-hydrogen) atoms. The molecule has 1 atom stereocenters. The van der Waals surface area contributed by atoms with E-state index in [9.17, 15) is 14.4 Å². The minimum Gasteiger partial charge on any atom is -0.479 e. The van der Waals surface area contributed by atoms with Crippen LogP contribution in [-0.4, -0.2) is 41.8 Å². The third kappa shape index (κ3) is 4.94. The molecule has 1 fully saturated rings. The summed E-state index contributed by atoms with van der Waals surface area (Å²) in [5.41, 5.74) is 2.13. The lowest BCUT2D eigenvalue weighted by Crippen LogP contribution is -2.40. The number of nitrogens with zero attached hydrogens (tertiary/aromatic N) is 1. The van der Waals surface area contributed by atoms with Crippen molar-refractivity contribution in [1.82, 2.24) is 4.90 Å². The lowest BCUT2D eigenvalue weighted by atomic mass is 9.95. The van der Waals surface area contributed by atoms with Crippen LogP contribution in [0.4, 0.5) is 11.4 Å². The van der Waals surface area contributed by atoms with Gasteiger partial charge in [-0.1, -0.05) is 30.3 Å². The van der Waals surface area contributed by atoms with Gasteiger partial charge in [0.05, 0.1) is 5.69 Å². The molecule has 2 aromatic rings. The molecule has 2 aliphatic rings. The molecular weight excluding hydrogens is 394 g/mol. The van der Waals surface area contributed by atoms with E-state index in [1.165, 1.54) is 0 Å². The van der Waals surface area contributed by atoms with Gasteiger partial charge in [0.15, 0.2) is 6.10 Å². The first-order chi connectivity index (χ1) is 15.0. The van der Waals surface area contributed by atoms with Crippen LogP contribution >= 0.6 is 0 Å². The molecule has 0 aromatic heterocycles. The largest absolute Gasteiger partial charge is 0.479 e. The Hall–Kier alpha value is -3.61. The average molecular weight is 419 g/mol. The Morgan fingerprint density at radius 2 is 1.87 bits per heavy atom. The Balaban J connectivity index is 1.30. The lowest BCUT2D eigenvalue weighted by molar-refractivity contribution is -0.130. The summed E-state index contributed by atoms with van der Waals surface area (Å²) in [5.74, 6) is 0.0875. The van der Waals surface area contributed by atoms with Crippen LogP contribution in [0, 0.1) is 5.92 Å². The highest BCUT2D eigenvalue weighted by Gasteiger charge is 2.27. The number of fused-ring (bicyclic) bond motifs is 1. The molecule has 0 saturated carbocycles. The number of nitrogens with one attached hydrogen (secondary N) is 2. The van der Waals surface area contributed by atoms with Crippen molar-refractivity contribution in [3.63, 3.8) is 0 Å². The van der Waals surface area contributed by atoms with Gasteiger partial charge in [0.2, 0.25) is 11.8 Å². The van der Waals surface area contributed by atoms with Crippen LogP contribution in [0.25, 0.3) is 6.08 Å². The van der Waals surface area contributed by atoms with E-state index in [4.69, 9.17) is 4.74 Å². The molecule has 7 heteroatoms. The predicted molar refractivity (Wildman–Crippen MR) is 119 cm³/mol. The van der Waals surface area contributed by atoms with Crippen molar-refractivity contribution in [2.75, 3.05) is 23.7 Å². The van der Waals surface area contributed by atoms with E-state index in [1.54, 1.807) is 42.2 Å². The van der Waals surface area contributed by atoms with E-state index >= 15 is 0 Å². The van der Waals surface area contributed by atoms with E-state index in [0.717, 1.165) is 5.56 Å². The fraction of sp³-hybridized carbons (Fsp3) is 0.292. The average Bonchev–Trinajstić information content (AvgIpc) is 2.79. The number of carbonyl (C=O) groups is 3. The summed E-state index contributed by atoms with van der Waals surface area (Å²) in [6.45, 7) is 2.77. The number of hydrogen-bond acceptors (Lipinski definition) is 4. The summed E-state index contributed by atoms with van der Waals surface area (Å²) >= 11 is 0. The molecular formula is C24H25N3O4. The summed E-state index contributed by atoms with van der Waals surface area (Å²) in [6, 6.07) is 14.9. The summed E-state index contributed by atoms with van der Waals surface area (Å²) in [6.07, 6.45) is 4.07. The smallest absolute Gasteiger partial charge is 0.265 e. The van der Waals surface area contributed by atoms with Gasteiger partial charge in [-0.3, -0.25) is 14.4 Å². The van der Waals surface area contributed by atoms with E-state index in [-0.39, 0.29) is 23.6 Å². The highest BCUT2D eigenvalue weighted by atomic mass is 16.5. The first-order valence-corrected chi connectivity index (χ1v) is 10.4. The van der Waals surface area contributed by atoms with Gasteiger partial charge in [0.25, 0.3) is 5.91 Å². The molecule has 7 nitrogen and oxygen atoms in total. The summed E-state index contributed by atoms with van der Waals surface area (Å²) in [5, 5.41) is 5.69. The third-order valence-corrected chi connectivity index (χ3v) is 5.57. The van der Waals surface area contributed by atoms with Gasteiger partial charge in [0.1, 0.15) is 5.75 Å². The maximum atomic E-state index is 12.7. The first kappa shape index (κ1) is 20.7. The highest BCUT2D eigenvalue weighted by Crippen LogP contribution is 2.32. The highest BCUT2D eigenvalue weighted by molar-refractivity contribution is 5.99. The van der Waals surface area contributed by atoms with Crippen LogP contribution in [0.5, 0.6) is 5.75 Å². The Kier molecular flexibility index (Phi) is 6.02. The zero-order chi connectivity index (χ0) is 21.8. The fourth-order valence-corrected chi connectivity index (χ4v) is 3.73. The SMILES string of the molecule is CC1Oc2ccc(NC(=O)C3CCN(C(=O)/C=C/c4ccccc4)CC3)cc2NC1=O. The number of carbonyl (C=O) groups excluding carboxylic acids is 3. The molecule has 0 spiro atoms. The molecule has 0 aliphatic carbocycles. The predicted octanol–water partition coefficient (Wildman–Crippen LogP) is 3.30. The monoisotopic (exact) mass is 419 g/mol. The molecule has 1 unspecified atom stereocenters. The zero-order valence-electron chi connectivity index (χ0n) is 17.3. The van der Waals surface area contributed by atoms with Crippen LogP contribution in [-0.2, 0) is 14.4 Å². The van der Waals surface area contributed by atoms with Gasteiger partial charge >= 0.3 is 0 Å². The summed E-state index contributed by atoms with van der Waals surface area (Å²) < 4.78 is 5.53. The Morgan fingerprint density at radius 3 is 2.61 bits per heavy atom. The molecule has 0 radical (unpaired) electrons. The first-order valence-electron chi connectivity index (χ1n) is 10.4. The minimum atomic E-state index is -0.539. The number of benzene rings is 2. The molecule has 2 aromatic carbocycles. The standard InChI is InChI=1S/C24H25N3O4/c1-16-23(29)26-20-15-19(8-9-21(20)31-16)25-24(30)18-11-13-27(14-12-18)22(28)10-7-17-5-3-2-4-6-17/h2-10,15-16,18H,11-14H2,1H3,(H,25,30)(H,26,29)/b10-7+. The topological polar surface area (TPSA) is 87.7 Å². The van der Waals surface area contributed by atoms with Crippen LogP contribution in [0.15, 0.2) is 54.6 Å². The normalized spacial score (nSPS) is 18.8. The van der Waals surface area contributed by atoms with Crippen molar-refractivity contribution >= 4 is 35.2 Å². The molecule has 2 heterocycles. The van der Waals surface area contributed by atoms with Crippen LogP contribution in [0.1, 0.15) is 25.3 Å². The molecule has 4 rings (SSSR count). The quantitative estimate of drug-likeness (QED) is 0.745. The number of hydrogen-bond donors (Lipinski definition) is 2. The molecule has 2 aliphatic heterocycles. The van der Waals surface area contributed by atoms with E-state index < -0.39 is 6.10 Å². The van der Waals surface area contributed by atoms with Crippen molar-refractivity contribution in [2.45, 2.75) is 25.9 Å². The number of piperidine rings is 1. The van der Waals surface area contributed by atoms with Gasteiger partial charge < -0.3 is 20.3 Å². The van der Waals surface area contributed by atoms with Crippen molar-refractivity contribution in [1.29, 1.82) is 0 Å². The molecule has 0 bridgehead atoms. The van der Waals surface area contributed by atoms with Crippen LogP contribution in [0.3, 0.4) is 0 Å². The molecule has 2 N–H and O–H groups in total. The summed E-state index contributed by atoms with van der Waals surface area (Å²) in [7, 11) is 0. The van der Waals surface area contributed by atoms with E-state index in [1.807, 2.05) is 30.3 Å². The Labute approximate surface area is 181 Å². The zero-order valence-corrected chi connectivity index (χ0v) is 17.3. The lowest BCUT2D eigenvalue weighted by Gasteiger charge is -2.30. The van der Waals surface area contributed by atoms with Crippen molar-refractivity contribution in [3.8, 4) is 5.75 Å². The van der Waals surface area contributed by atoms with Gasteiger partial charge in [0, 0.05) is 30.8 Å². The molecule has 3 amide bonds. The van der Waals surface area contributed by atoms with Crippen molar-refractivity contribution in [3.05, 3.63) is 60.2 Å². The van der Waals surface area contributed by atoms with Gasteiger partial charge in [-0.15, -0.1) is 0 Å². The number of ether oxygens (including phenoxy) is 1. The van der Waals surface area contributed by atoms with Crippen LogP contribution < -0.4 is 15.4 Å². The maximum Gasteiger partial charge on any atom is 0.265 e. The van der Waals surface area contributed by atoms with Gasteiger partial charge in [-0.25, -0.2) is 0 Å². The number of anilines is 2. The minimum absolute atomic E-state index is 0.0395. The maximum absolute atomic E-state index is 12.7.